The van der Waals surface area contributed by atoms with Gasteiger partial charge < -0.3 is 0 Å². The minimum atomic E-state index is -4.90. The van der Waals surface area contributed by atoms with Gasteiger partial charge in [0.25, 0.3) is 0 Å². The number of benzene rings is 1. The molecule has 0 unspecified atom stereocenters. The Morgan fingerprint density at radius 1 is 0.932 bits per heavy atom. The Labute approximate surface area is 264 Å². The second kappa shape index (κ2) is 15.5. The molecular weight excluding hydrogens is 679 g/mol. The Balaban J connectivity index is 2.24. The van der Waals surface area contributed by atoms with E-state index in [-0.39, 0.29) is 17.9 Å². The molecule has 0 saturated carbocycles. The molecule has 0 aliphatic carbocycles. The molecule has 2 aromatic rings. The molecule has 1 N–H and O–H groups in total. The van der Waals surface area contributed by atoms with Gasteiger partial charge in [-0.05, 0) is 0 Å². The molecule has 1 aliphatic heterocycles. The number of halogens is 4. The number of unbranched alkanes of at least 4 members (excludes halogenated alkanes) is 3. The number of aromatic nitrogens is 1. The average molecular weight is 729 g/mol. The van der Waals surface area contributed by atoms with Gasteiger partial charge in [-0.3, -0.25) is 0 Å². The van der Waals surface area contributed by atoms with E-state index < -0.39 is 47.1 Å². The van der Waals surface area contributed by atoms with E-state index in [1.807, 2.05) is 11.9 Å². The summed E-state index contributed by atoms with van der Waals surface area (Å²) in [5.41, 5.74) is -1.98. The van der Waals surface area contributed by atoms with Gasteiger partial charge in [0, 0.05) is 0 Å². The number of aryl methyl sites for hydroxylation is 1. The first-order valence-corrected chi connectivity index (χ1v) is 23.6. The minimum absolute atomic E-state index is 0.141. The third-order valence-electron chi connectivity index (χ3n) is 9.41. The van der Waals surface area contributed by atoms with E-state index in [0.29, 0.717) is 30.5 Å². The molecule has 11 heteroatoms. The fourth-order valence-electron chi connectivity index (χ4n) is 6.49. The molecule has 2 heterocycles. The zero-order valence-electron chi connectivity index (χ0n) is 27.4. The van der Waals surface area contributed by atoms with Gasteiger partial charge in [0.2, 0.25) is 0 Å². The zero-order valence-corrected chi connectivity index (χ0v) is 30.3. The molecule has 0 radical (unpaired) electrons. The number of pyridine rings is 1. The van der Waals surface area contributed by atoms with Gasteiger partial charge in [0.05, 0.1) is 0 Å². The summed E-state index contributed by atoms with van der Waals surface area (Å²) in [4.78, 5) is 30.1. The number of hydrogen-bond acceptors (Lipinski definition) is 4. The molecule has 246 valence electrons. The van der Waals surface area contributed by atoms with Gasteiger partial charge in [-0.25, -0.2) is 0 Å². The van der Waals surface area contributed by atoms with Crippen molar-refractivity contribution in [2.24, 2.45) is 7.05 Å². The topological polar surface area (TPSA) is 57.6 Å². The van der Waals surface area contributed by atoms with Crippen LogP contribution in [0.2, 0.25) is 13.3 Å². The summed E-state index contributed by atoms with van der Waals surface area (Å²) in [5, 5.41) is 2.79. The van der Waals surface area contributed by atoms with Crippen LogP contribution in [0.4, 0.5) is 28.9 Å². The number of amides is 1. The predicted octanol–water partition coefficient (Wildman–Crippen LogP) is 7.38. The Kier molecular flexibility index (Phi) is 12.8. The second-order valence-corrected chi connectivity index (χ2v) is 25.8. The SMILES string of the molecule is CCC[CH2][Sn]([CH2]CCC)([CH2]CCC)[c]1cc(NC(=O)c2cn(C)c(=O)cc2C(F)(F)F)c(N2C[C@@H](C)N(C)[C@@H](C)C2)cc1F. The molecule has 0 spiro atoms. The monoisotopic (exact) mass is 730 g/mol. The molecule has 1 aliphatic rings. The van der Waals surface area contributed by atoms with Crippen LogP contribution in [0.15, 0.2) is 29.2 Å². The van der Waals surface area contributed by atoms with Crippen LogP contribution < -0.4 is 19.4 Å². The molecule has 1 amide bonds. The Bertz CT molecular complexity index is 1310. The maximum atomic E-state index is 16.5. The molecule has 1 fully saturated rings. The Morgan fingerprint density at radius 3 is 1.93 bits per heavy atom. The van der Waals surface area contributed by atoms with Crippen LogP contribution in [0, 0.1) is 5.82 Å². The standard InChI is InChI=1S/C21H23F4N4O2.3C4H9.Sn/c1-12-9-29(10-13(2)28(12)4)18-7-14(22)5-6-17(18)26-20(31)15-11-27(3)19(30)8-16(15)21(23,24)25;3*1-3-4-2;/h6-8,11-13H,9-10H2,1-4H3,(H,26,31);3*1,3-4H2,2H3;/t12-,13+;;;;. The molecular formula is C33H50F4N4O2Sn. The van der Waals surface area contributed by atoms with Crippen molar-refractivity contribution >= 4 is 39.2 Å². The van der Waals surface area contributed by atoms with Gasteiger partial charge in [0.1, 0.15) is 0 Å². The molecule has 6 nitrogen and oxygen atoms in total. The summed E-state index contributed by atoms with van der Waals surface area (Å²) in [6.45, 7) is 11.7. The van der Waals surface area contributed by atoms with Crippen LogP contribution in [-0.2, 0) is 13.2 Å². The van der Waals surface area contributed by atoms with Crippen LogP contribution in [-0.4, -0.2) is 66.0 Å². The van der Waals surface area contributed by atoms with Crippen molar-refractivity contribution in [3.05, 3.63) is 51.7 Å². The summed E-state index contributed by atoms with van der Waals surface area (Å²) in [7, 11) is 3.35. The van der Waals surface area contributed by atoms with E-state index >= 15 is 4.39 Å². The third kappa shape index (κ3) is 8.38. The summed E-state index contributed by atoms with van der Waals surface area (Å²) in [5.74, 6) is -1.23. The summed E-state index contributed by atoms with van der Waals surface area (Å²) < 4.78 is 63.2. The van der Waals surface area contributed by atoms with Gasteiger partial charge >= 0.3 is 265 Å². The number of nitrogens with one attached hydrogen (secondary N) is 1. The van der Waals surface area contributed by atoms with Crippen molar-refractivity contribution in [1.29, 1.82) is 0 Å². The van der Waals surface area contributed by atoms with E-state index in [4.69, 9.17) is 0 Å². The first-order chi connectivity index (χ1) is 20.7. The normalized spacial score (nSPS) is 18.1. The number of likely N-dealkylation sites (N-methyl/N-ethyl adjacent to an activating group) is 1. The number of rotatable bonds is 13. The van der Waals surface area contributed by atoms with Gasteiger partial charge in [0.15, 0.2) is 0 Å². The first-order valence-electron chi connectivity index (χ1n) is 16.1. The maximum absolute atomic E-state index is 16.5. The number of hydrogen-bond donors (Lipinski definition) is 1. The average Bonchev–Trinajstić information content (AvgIpc) is 2.96. The van der Waals surface area contributed by atoms with E-state index in [1.165, 1.54) is 13.1 Å². The number of anilines is 2. The molecule has 3 rings (SSSR count). The third-order valence-corrected chi connectivity index (χ3v) is 25.0. The Morgan fingerprint density at radius 2 is 1.45 bits per heavy atom. The molecule has 1 saturated heterocycles. The van der Waals surface area contributed by atoms with Crippen molar-refractivity contribution < 1.29 is 22.4 Å². The summed E-state index contributed by atoms with van der Waals surface area (Å²) in [6, 6.07) is 4.04. The second-order valence-electron chi connectivity index (χ2n) is 12.7. The van der Waals surface area contributed by atoms with Crippen LogP contribution in [0.25, 0.3) is 0 Å². The van der Waals surface area contributed by atoms with Gasteiger partial charge in [-0.2, -0.15) is 0 Å². The van der Waals surface area contributed by atoms with Gasteiger partial charge in [-0.15, -0.1) is 0 Å². The predicted molar refractivity (Wildman–Crippen MR) is 174 cm³/mol. The van der Waals surface area contributed by atoms with Crippen LogP contribution in [0.5, 0.6) is 0 Å². The molecule has 2 atom stereocenters. The van der Waals surface area contributed by atoms with E-state index in [2.05, 4.69) is 44.8 Å². The van der Waals surface area contributed by atoms with Crippen LogP contribution in [0.3, 0.4) is 0 Å². The van der Waals surface area contributed by atoms with Crippen molar-refractivity contribution in [3.8, 4) is 0 Å². The Hall–Kier alpha value is -2.08. The van der Waals surface area contributed by atoms with Crippen LogP contribution >= 0.6 is 0 Å². The fourth-order valence-corrected chi connectivity index (χ4v) is 22.7. The number of carbonyl (C=O) groups excluding carboxylic acids is 1. The molecule has 1 aromatic heterocycles. The molecule has 1 aromatic carbocycles. The number of piperazine rings is 1. The van der Waals surface area contributed by atoms with Crippen LogP contribution in [0.1, 0.15) is 89.1 Å². The van der Waals surface area contributed by atoms with E-state index in [9.17, 15) is 22.8 Å². The van der Waals surface area contributed by atoms with E-state index in [1.54, 1.807) is 6.07 Å². The van der Waals surface area contributed by atoms with Crippen molar-refractivity contribution in [1.82, 2.24) is 9.47 Å². The number of alkyl halides is 3. The number of nitrogens with zero attached hydrogens (tertiary/aromatic N) is 3. The summed E-state index contributed by atoms with van der Waals surface area (Å²) in [6.07, 6.45) is 2.06. The van der Waals surface area contributed by atoms with Crippen molar-refractivity contribution in [2.75, 3.05) is 30.4 Å². The van der Waals surface area contributed by atoms with Crippen molar-refractivity contribution in [2.45, 2.75) is 105 Å². The number of carbonyl (C=O) groups is 1. The zero-order chi connectivity index (χ0) is 32.8. The molecule has 0 bridgehead atoms. The fraction of sp³-hybridized carbons (Fsp3) is 0.636. The molecule has 44 heavy (non-hydrogen) atoms. The quantitative estimate of drug-likeness (QED) is 0.173. The summed E-state index contributed by atoms with van der Waals surface area (Å²) >= 11 is -3.37. The first kappa shape index (κ1) is 36.4. The van der Waals surface area contributed by atoms with Crippen molar-refractivity contribution in [3.63, 3.8) is 0 Å². The van der Waals surface area contributed by atoms with Gasteiger partial charge in [-0.1, -0.05) is 0 Å². The van der Waals surface area contributed by atoms with E-state index in [0.717, 1.165) is 66.2 Å².